The Morgan fingerprint density at radius 3 is 2.67 bits per heavy atom. The van der Waals surface area contributed by atoms with Crippen LogP contribution in [-0.4, -0.2) is 24.6 Å². The molecule has 1 heterocycles. The van der Waals surface area contributed by atoms with Crippen molar-refractivity contribution in [2.75, 3.05) is 24.5 Å². The quantitative estimate of drug-likeness (QED) is 0.870. The van der Waals surface area contributed by atoms with Gasteiger partial charge in [0.1, 0.15) is 5.15 Å². The summed E-state index contributed by atoms with van der Waals surface area (Å²) in [5.74, 6) is 0. The van der Waals surface area contributed by atoms with Crippen molar-refractivity contribution in [1.82, 2.24) is 4.98 Å². The van der Waals surface area contributed by atoms with Gasteiger partial charge in [-0.15, -0.1) is 11.3 Å². The molecule has 0 amide bonds. The normalized spacial score (nSPS) is 11.8. The molecule has 15 heavy (non-hydrogen) atoms. The van der Waals surface area contributed by atoms with E-state index in [0.29, 0.717) is 11.7 Å². The van der Waals surface area contributed by atoms with E-state index in [1.807, 2.05) is 5.38 Å². The maximum Gasteiger partial charge on any atom is 0.186 e. The molecule has 1 aromatic rings. The van der Waals surface area contributed by atoms with Crippen molar-refractivity contribution in [2.45, 2.75) is 20.8 Å². The van der Waals surface area contributed by atoms with Crippen molar-refractivity contribution in [3.05, 3.63) is 10.5 Å². The summed E-state index contributed by atoms with van der Waals surface area (Å²) in [6, 6.07) is 0. The highest BCUT2D eigenvalue weighted by molar-refractivity contribution is 7.14. The molecule has 1 rings (SSSR count). The molecule has 5 heteroatoms. The van der Waals surface area contributed by atoms with Crippen LogP contribution < -0.4 is 10.6 Å². The third kappa shape index (κ3) is 3.63. The Morgan fingerprint density at radius 2 is 2.27 bits per heavy atom. The second kappa shape index (κ2) is 5.14. The molecule has 86 valence electrons. The standard InChI is InChI=1S/C10H18ClN3S/c1-4-14(7-10(2,3)6-12)9-13-8(11)5-15-9/h5H,4,6-7,12H2,1-3H3. The Labute approximate surface area is 100 Å². The van der Waals surface area contributed by atoms with E-state index in [-0.39, 0.29) is 5.41 Å². The highest BCUT2D eigenvalue weighted by Gasteiger charge is 2.21. The van der Waals surface area contributed by atoms with Crippen LogP contribution in [-0.2, 0) is 0 Å². The largest absolute Gasteiger partial charge is 0.348 e. The van der Waals surface area contributed by atoms with Crippen LogP contribution in [0, 0.1) is 5.41 Å². The summed E-state index contributed by atoms with van der Waals surface area (Å²) in [5.41, 5.74) is 5.83. The molecule has 0 aromatic carbocycles. The minimum absolute atomic E-state index is 0.105. The van der Waals surface area contributed by atoms with Crippen molar-refractivity contribution in [1.29, 1.82) is 0 Å². The molecule has 0 fully saturated rings. The molecule has 0 bridgehead atoms. The molecule has 0 saturated heterocycles. The van der Waals surface area contributed by atoms with Gasteiger partial charge in [0, 0.05) is 18.5 Å². The first kappa shape index (κ1) is 12.7. The van der Waals surface area contributed by atoms with Gasteiger partial charge in [0.05, 0.1) is 0 Å². The van der Waals surface area contributed by atoms with E-state index >= 15 is 0 Å². The van der Waals surface area contributed by atoms with Crippen molar-refractivity contribution < 1.29 is 0 Å². The maximum atomic E-state index is 5.81. The number of hydrogen-bond donors (Lipinski definition) is 1. The van der Waals surface area contributed by atoms with Crippen molar-refractivity contribution in [3.63, 3.8) is 0 Å². The van der Waals surface area contributed by atoms with Gasteiger partial charge in [0.2, 0.25) is 0 Å². The van der Waals surface area contributed by atoms with Crippen molar-refractivity contribution in [2.24, 2.45) is 11.1 Å². The number of anilines is 1. The van der Waals surface area contributed by atoms with Crippen LogP contribution in [0.2, 0.25) is 5.15 Å². The van der Waals surface area contributed by atoms with Gasteiger partial charge >= 0.3 is 0 Å². The van der Waals surface area contributed by atoms with Crippen molar-refractivity contribution >= 4 is 28.1 Å². The van der Waals surface area contributed by atoms with Gasteiger partial charge in [0.15, 0.2) is 5.13 Å². The average molecular weight is 248 g/mol. The lowest BCUT2D eigenvalue weighted by molar-refractivity contribution is 0.379. The molecule has 0 unspecified atom stereocenters. The molecular weight excluding hydrogens is 230 g/mol. The first-order valence-electron chi connectivity index (χ1n) is 5.04. The Hall–Kier alpha value is -0.320. The Bertz CT molecular complexity index is 311. The number of nitrogens with two attached hydrogens (primary N) is 1. The van der Waals surface area contributed by atoms with Crippen LogP contribution in [0.1, 0.15) is 20.8 Å². The smallest absolute Gasteiger partial charge is 0.186 e. The van der Waals surface area contributed by atoms with Crippen molar-refractivity contribution in [3.8, 4) is 0 Å². The fraction of sp³-hybridized carbons (Fsp3) is 0.700. The van der Waals surface area contributed by atoms with Crippen LogP contribution in [0.25, 0.3) is 0 Å². The van der Waals surface area contributed by atoms with E-state index < -0.39 is 0 Å². The predicted molar refractivity (Wildman–Crippen MR) is 67.8 cm³/mol. The molecule has 3 nitrogen and oxygen atoms in total. The number of nitrogens with zero attached hydrogens (tertiary/aromatic N) is 2. The summed E-state index contributed by atoms with van der Waals surface area (Å²) in [5, 5.41) is 3.40. The summed E-state index contributed by atoms with van der Waals surface area (Å²) in [6.45, 7) is 8.93. The molecule has 0 spiro atoms. The molecule has 2 N–H and O–H groups in total. The van der Waals surface area contributed by atoms with Gasteiger partial charge in [-0.2, -0.15) is 0 Å². The minimum atomic E-state index is 0.105. The zero-order valence-electron chi connectivity index (χ0n) is 9.46. The molecule has 0 saturated carbocycles. The fourth-order valence-corrected chi connectivity index (χ4v) is 2.30. The summed E-state index contributed by atoms with van der Waals surface area (Å²) in [4.78, 5) is 6.48. The van der Waals surface area contributed by atoms with Gasteiger partial charge in [-0.3, -0.25) is 0 Å². The third-order valence-corrected chi connectivity index (χ3v) is 3.51. The number of hydrogen-bond acceptors (Lipinski definition) is 4. The summed E-state index contributed by atoms with van der Waals surface area (Å²) in [6.07, 6.45) is 0. The zero-order chi connectivity index (χ0) is 11.5. The van der Waals surface area contributed by atoms with Gasteiger partial charge in [0.25, 0.3) is 0 Å². The summed E-state index contributed by atoms with van der Waals surface area (Å²) in [7, 11) is 0. The molecule has 0 atom stereocenters. The third-order valence-electron chi connectivity index (χ3n) is 2.29. The minimum Gasteiger partial charge on any atom is -0.348 e. The molecule has 0 aliphatic rings. The average Bonchev–Trinajstić information content (AvgIpc) is 2.61. The molecule has 0 aliphatic heterocycles. The number of halogens is 1. The Morgan fingerprint density at radius 1 is 1.60 bits per heavy atom. The lowest BCUT2D eigenvalue weighted by Crippen LogP contribution is -2.38. The monoisotopic (exact) mass is 247 g/mol. The van der Waals surface area contributed by atoms with E-state index in [2.05, 4.69) is 30.7 Å². The SMILES string of the molecule is CCN(CC(C)(C)CN)c1nc(Cl)cs1. The lowest BCUT2D eigenvalue weighted by Gasteiger charge is -2.30. The summed E-state index contributed by atoms with van der Waals surface area (Å²) >= 11 is 7.39. The predicted octanol–water partition coefficient (Wildman–Crippen LogP) is 2.61. The maximum absolute atomic E-state index is 5.81. The summed E-state index contributed by atoms with van der Waals surface area (Å²) < 4.78 is 0. The molecular formula is C10H18ClN3S. The zero-order valence-corrected chi connectivity index (χ0v) is 11.0. The van der Waals surface area contributed by atoms with E-state index in [4.69, 9.17) is 17.3 Å². The number of thiazole rings is 1. The van der Waals surface area contributed by atoms with Gasteiger partial charge in [-0.05, 0) is 18.9 Å². The van der Waals surface area contributed by atoms with E-state index in [1.165, 1.54) is 0 Å². The van der Waals surface area contributed by atoms with E-state index in [1.54, 1.807) is 11.3 Å². The first-order chi connectivity index (χ1) is 6.98. The Kier molecular flexibility index (Phi) is 4.37. The molecule has 1 aromatic heterocycles. The number of rotatable bonds is 5. The van der Waals surface area contributed by atoms with Crippen LogP contribution >= 0.6 is 22.9 Å². The van der Waals surface area contributed by atoms with Gasteiger partial charge in [-0.1, -0.05) is 25.4 Å². The highest BCUT2D eigenvalue weighted by Crippen LogP contribution is 2.26. The van der Waals surface area contributed by atoms with E-state index in [9.17, 15) is 0 Å². The number of aromatic nitrogens is 1. The van der Waals surface area contributed by atoms with Gasteiger partial charge in [-0.25, -0.2) is 4.98 Å². The molecule has 0 aliphatic carbocycles. The first-order valence-corrected chi connectivity index (χ1v) is 6.30. The van der Waals surface area contributed by atoms with Crippen LogP contribution in [0.5, 0.6) is 0 Å². The van der Waals surface area contributed by atoms with Crippen LogP contribution in [0.15, 0.2) is 5.38 Å². The second-order valence-corrected chi connectivity index (χ2v) is 5.56. The fourth-order valence-electron chi connectivity index (χ4n) is 1.29. The molecule has 0 radical (unpaired) electrons. The topological polar surface area (TPSA) is 42.1 Å². The Balaban J connectivity index is 2.72. The lowest BCUT2D eigenvalue weighted by atomic mass is 9.93. The van der Waals surface area contributed by atoms with Gasteiger partial charge < -0.3 is 10.6 Å². The highest BCUT2D eigenvalue weighted by atomic mass is 35.5. The van der Waals surface area contributed by atoms with Crippen LogP contribution in [0.3, 0.4) is 0 Å². The van der Waals surface area contributed by atoms with E-state index in [0.717, 1.165) is 18.2 Å². The van der Waals surface area contributed by atoms with Crippen LogP contribution in [0.4, 0.5) is 5.13 Å². The second-order valence-electron chi connectivity index (χ2n) is 4.34.